The highest BCUT2D eigenvalue weighted by molar-refractivity contribution is 5.99. The SMILES string of the molecule is COc1ccc(N)c(C(=O)N(C)C(C)C)c1. The van der Waals surface area contributed by atoms with Gasteiger partial charge in [-0.25, -0.2) is 0 Å². The molecular weight excluding hydrogens is 204 g/mol. The molecule has 2 N–H and O–H groups in total. The van der Waals surface area contributed by atoms with Crippen LogP contribution >= 0.6 is 0 Å². The summed E-state index contributed by atoms with van der Waals surface area (Å²) in [5.41, 5.74) is 6.73. The first-order chi connectivity index (χ1) is 7.47. The van der Waals surface area contributed by atoms with Gasteiger partial charge in [0.05, 0.1) is 12.7 Å². The maximum Gasteiger partial charge on any atom is 0.256 e. The van der Waals surface area contributed by atoms with E-state index in [-0.39, 0.29) is 11.9 Å². The topological polar surface area (TPSA) is 55.6 Å². The lowest BCUT2D eigenvalue weighted by molar-refractivity contribution is 0.0755. The molecule has 4 heteroatoms. The molecule has 0 aliphatic rings. The molecule has 0 bridgehead atoms. The van der Waals surface area contributed by atoms with Crippen LogP contribution in [0.5, 0.6) is 5.75 Å². The molecule has 0 unspecified atom stereocenters. The number of anilines is 1. The van der Waals surface area contributed by atoms with Gasteiger partial charge in [-0.1, -0.05) is 0 Å². The van der Waals surface area contributed by atoms with Crippen LogP contribution < -0.4 is 10.5 Å². The molecule has 1 amide bonds. The first kappa shape index (κ1) is 12.4. The number of ether oxygens (including phenoxy) is 1. The van der Waals surface area contributed by atoms with E-state index in [4.69, 9.17) is 10.5 Å². The number of nitrogens with zero attached hydrogens (tertiary/aromatic N) is 1. The normalized spacial score (nSPS) is 10.3. The van der Waals surface area contributed by atoms with E-state index in [1.165, 1.54) is 0 Å². The van der Waals surface area contributed by atoms with Gasteiger partial charge in [0.25, 0.3) is 5.91 Å². The standard InChI is InChI=1S/C12H18N2O2/c1-8(2)14(3)12(15)10-7-9(16-4)5-6-11(10)13/h5-8H,13H2,1-4H3. The van der Waals surface area contributed by atoms with Gasteiger partial charge < -0.3 is 15.4 Å². The van der Waals surface area contributed by atoms with Crippen LogP contribution in [0.2, 0.25) is 0 Å². The number of carbonyl (C=O) groups is 1. The van der Waals surface area contributed by atoms with Crippen molar-refractivity contribution >= 4 is 11.6 Å². The van der Waals surface area contributed by atoms with E-state index in [2.05, 4.69) is 0 Å². The van der Waals surface area contributed by atoms with Gasteiger partial charge in [0.15, 0.2) is 0 Å². The molecule has 0 aromatic heterocycles. The number of amides is 1. The third kappa shape index (κ3) is 2.45. The van der Waals surface area contributed by atoms with Gasteiger partial charge in [-0.3, -0.25) is 4.79 Å². The number of methoxy groups -OCH3 is 1. The Morgan fingerprint density at radius 1 is 1.44 bits per heavy atom. The van der Waals surface area contributed by atoms with E-state index >= 15 is 0 Å². The zero-order chi connectivity index (χ0) is 12.3. The molecule has 0 spiro atoms. The van der Waals surface area contributed by atoms with E-state index in [1.54, 1.807) is 37.3 Å². The maximum atomic E-state index is 12.1. The number of benzene rings is 1. The minimum atomic E-state index is -0.0913. The summed E-state index contributed by atoms with van der Waals surface area (Å²) in [7, 11) is 3.32. The van der Waals surface area contributed by atoms with Crippen molar-refractivity contribution in [1.29, 1.82) is 0 Å². The second-order valence-electron chi connectivity index (χ2n) is 3.96. The van der Waals surface area contributed by atoms with Crippen LogP contribution in [0.3, 0.4) is 0 Å². The Morgan fingerprint density at radius 3 is 2.56 bits per heavy atom. The minimum Gasteiger partial charge on any atom is -0.497 e. The molecule has 1 aromatic rings. The van der Waals surface area contributed by atoms with E-state index in [0.717, 1.165) is 0 Å². The van der Waals surface area contributed by atoms with Crippen molar-refractivity contribution in [2.24, 2.45) is 0 Å². The Labute approximate surface area is 96.0 Å². The highest BCUT2D eigenvalue weighted by Crippen LogP contribution is 2.21. The molecule has 0 saturated carbocycles. The molecule has 0 saturated heterocycles. The summed E-state index contributed by atoms with van der Waals surface area (Å²) in [5.74, 6) is 0.543. The number of nitrogens with two attached hydrogens (primary N) is 1. The van der Waals surface area contributed by atoms with Crippen molar-refractivity contribution in [1.82, 2.24) is 4.90 Å². The van der Waals surface area contributed by atoms with Gasteiger partial charge >= 0.3 is 0 Å². The van der Waals surface area contributed by atoms with Crippen molar-refractivity contribution < 1.29 is 9.53 Å². The van der Waals surface area contributed by atoms with Gasteiger partial charge in [-0.05, 0) is 32.0 Å². The second-order valence-corrected chi connectivity index (χ2v) is 3.96. The predicted octanol–water partition coefficient (Wildman–Crippen LogP) is 1.76. The Balaban J connectivity index is 3.07. The molecule has 0 fully saturated rings. The zero-order valence-corrected chi connectivity index (χ0v) is 10.2. The van der Waals surface area contributed by atoms with Gasteiger partial charge in [0.2, 0.25) is 0 Å². The Morgan fingerprint density at radius 2 is 2.06 bits per heavy atom. The van der Waals surface area contributed by atoms with Gasteiger partial charge in [0.1, 0.15) is 5.75 Å². The fourth-order valence-corrected chi connectivity index (χ4v) is 1.27. The highest BCUT2D eigenvalue weighted by atomic mass is 16.5. The molecule has 4 nitrogen and oxygen atoms in total. The molecule has 1 aromatic carbocycles. The van der Waals surface area contributed by atoms with Crippen LogP contribution in [-0.2, 0) is 0 Å². The van der Waals surface area contributed by atoms with Crippen molar-refractivity contribution in [3.8, 4) is 5.75 Å². The van der Waals surface area contributed by atoms with Crippen LogP contribution in [0.4, 0.5) is 5.69 Å². The van der Waals surface area contributed by atoms with E-state index in [0.29, 0.717) is 17.0 Å². The third-order valence-electron chi connectivity index (χ3n) is 2.59. The van der Waals surface area contributed by atoms with Crippen molar-refractivity contribution in [2.75, 3.05) is 19.9 Å². The molecule has 1 rings (SSSR count). The van der Waals surface area contributed by atoms with Crippen LogP contribution in [0.25, 0.3) is 0 Å². The molecule has 0 heterocycles. The second kappa shape index (κ2) is 4.88. The third-order valence-corrected chi connectivity index (χ3v) is 2.59. The molecular formula is C12H18N2O2. The molecule has 0 atom stereocenters. The Kier molecular flexibility index (Phi) is 3.77. The lowest BCUT2D eigenvalue weighted by atomic mass is 10.1. The molecule has 0 radical (unpaired) electrons. The Bertz CT molecular complexity index is 389. The van der Waals surface area contributed by atoms with Crippen molar-refractivity contribution in [2.45, 2.75) is 19.9 Å². The minimum absolute atomic E-state index is 0.0913. The summed E-state index contributed by atoms with van der Waals surface area (Å²) in [6, 6.07) is 5.22. The molecule has 16 heavy (non-hydrogen) atoms. The number of rotatable bonds is 3. The summed E-state index contributed by atoms with van der Waals surface area (Å²) in [5, 5.41) is 0. The smallest absolute Gasteiger partial charge is 0.256 e. The van der Waals surface area contributed by atoms with Crippen LogP contribution in [0.1, 0.15) is 24.2 Å². The molecule has 0 aliphatic heterocycles. The molecule has 0 aliphatic carbocycles. The monoisotopic (exact) mass is 222 g/mol. The van der Waals surface area contributed by atoms with E-state index in [9.17, 15) is 4.79 Å². The van der Waals surface area contributed by atoms with Gasteiger partial charge in [-0.2, -0.15) is 0 Å². The lowest BCUT2D eigenvalue weighted by Gasteiger charge is -2.22. The first-order valence-electron chi connectivity index (χ1n) is 5.18. The van der Waals surface area contributed by atoms with E-state index < -0.39 is 0 Å². The van der Waals surface area contributed by atoms with Crippen LogP contribution in [0.15, 0.2) is 18.2 Å². The fourth-order valence-electron chi connectivity index (χ4n) is 1.27. The average molecular weight is 222 g/mol. The average Bonchev–Trinajstić information content (AvgIpc) is 2.27. The largest absolute Gasteiger partial charge is 0.497 e. The number of hydrogen-bond acceptors (Lipinski definition) is 3. The quantitative estimate of drug-likeness (QED) is 0.793. The van der Waals surface area contributed by atoms with Crippen LogP contribution in [-0.4, -0.2) is 31.0 Å². The first-order valence-corrected chi connectivity index (χ1v) is 5.18. The number of carbonyl (C=O) groups excluding carboxylic acids is 1. The summed E-state index contributed by atoms with van der Waals surface area (Å²) >= 11 is 0. The summed E-state index contributed by atoms with van der Waals surface area (Å²) in [4.78, 5) is 13.7. The van der Waals surface area contributed by atoms with Gasteiger partial charge in [0, 0.05) is 18.8 Å². The number of hydrogen-bond donors (Lipinski definition) is 1. The Hall–Kier alpha value is -1.71. The summed E-state index contributed by atoms with van der Waals surface area (Å²) < 4.78 is 5.07. The van der Waals surface area contributed by atoms with Crippen molar-refractivity contribution in [3.63, 3.8) is 0 Å². The molecule has 88 valence electrons. The maximum absolute atomic E-state index is 12.1. The fraction of sp³-hybridized carbons (Fsp3) is 0.417. The number of nitrogen functional groups attached to an aromatic ring is 1. The predicted molar refractivity (Wildman–Crippen MR) is 64.6 cm³/mol. The lowest BCUT2D eigenvalue weighted by Crippen LogP contribution is -2.33. The van der Waals surface area contributed by atoms with Crippen molar-refractivity contribution in [3.05, 3.63) is 23.8 Å². The van der Waals surface area contributed by atoms with Crippen LogP contribution in [0, 0.1) is 0 Å². The van der Waals surface area contributed by atoms with Gasteiger partial charge in [-0.15, -0.1) is 0 Å². The van der Waals surface area contributed by atoms with E-state index in [1.807, 2.05) is 13.8 Å². The highest BCUT2D eigenvalue weighted by Gasteiger charge is 2.17. The zero-order valence-electron chi connectivity index (χ0n) is 10.2. The summed E-state index contributed by atoms with van der Waals surface area (Å²) in [6.07, 6.45) is 0. The summed E-state index contributed by atoms with van der Waals surface area (Å²) in [6.45, 7) is 3.91.